The molecule has 7 unspecified atom stereocenters. The fourth-order valence-electron chi connectivity index (χ4n) is 14.4. The van der Waals surface area contributed by atoms with Gasteiger partial charge in [-0.3, -0.25) is 9.59 Å². The number of aliphatic hydroxyl groups excluding tert-OH is 5. The number of hydrogen-bond acceptors (Lipinski definition) is 10. The van der Waals surface area contributed by atoms with Crippen LogP contribution in [0.3, 0.4) is 0 Å². The summed E-state index contributed by atoms with van der Waals surface area (Å²) in [6.45, 7) is 4.41. The lowest BCUT2D eigenvalue weighted by molar-refractivity contribution is -0.302. The van der Waals surface area contributed by atoms with Crippen molar-refractivity contribution in [3.8, 4) is 0 Å². The first-order valence-electron chi connectivity index (χ1n) is 43.5. The maximum atomic E-state index is 13.1. The molecule has 1 aliphatic rings. The highest BCUT2D eigenvalue weighted by Crippen LogP contribution is 2.24. The predicted molar refractivity (Wildman–Crippen MR) is 412 cm³/mol. The molecule has 0 aliphatic carbocycles. The van der Waals surface area contributed by atoms with E-state index >= 15 is 0 Å². The summed E-state index contributed by atoms with van der Waals surface area (Å²) in [6, 6.07) is -0.804. The Labute approximate surface area is 601 Å². The second-order valence-corrected chi connectivity index (χ2v) is 30.6. The fraction of sp³-hybridized carbons (Fsp3) is 0.953. The molecule has 0 aromatic carbocycles. The van der Waals surface area contributed by atoms with Gasteiger partial charge in [-0.1, -0.05) is 431 Å². The Morgan fingerprint density at radius 3 is 0.959 bits per heavy atom. The molecule has 0 saturated carbocycles. The van der Waals surface area contributed by atoms with Gasteiger partial charge in [-0.05, 0) is 32.1 Å². The quantitative estimate of drug-likeness (QED) is 0.0195. The summed E-state index contributed by atoms with van der Waals surface area (Å²) < 4.78 is 16.8. The van der Waals surface area contributed by atoms with Gasteiger partial charge in [0.2, 0.25) is 5.91 Å². The predicted octanol–water partition coefficient (Wildman–Crippen LogP) is 24.1. The molecule has 0 aromatic heterocycles. The van der Waals surface area contributed by atoms with Gasteiger partial charge in [-0.25, -0.2) is 0 Å². The summed E-state index contributed by atoms with van der Waals surface area (Å²) in [5.74, 6) is -0.149. The molecule has 1 fully saturated rings. The molecule has 0 aromatic rings. The van der Waals surface area contributed by atoms with Gasteiger partial charge in [0.15, 0.2) is 6.29 Å². The summed E-state index contributed by atoms with van der Waals surface area (Å²) in [6.07, 6.45) is 87.2. The van der Waals surface area contributed by atoms with Crippen LogP contribution in [-0.4, -0.2) is 100 Å². The maximum absolute atomic E-state index is 13.1. The second-order valence-electron chi connectivity index (χ2n) is 30.6. The lowest BCUT2D eigenvalue weighted by Gasteiger charge is -2.40. The van der Waals surface area contributed by atoms with E-state index in [2.05, 4.69) is 19.2 Å². The van der Waals surface area contributed by atoms with E-state index < -0.39 is 49.5 Å². The number of ether oxygens (including phenoxy) is 3. The third-order valence-corrected chi connectivity index (χ3v) is 21.2. The van der Waals surface area contributed by atoms with Crippen LogP contribution in [0.5, 0.6) is 0 Å². The van der Waals surface area contributed by atoms with Crippen LogP contribution in [-0.2, 0) is 23.8 Å². The molecule has 11 heteroatoms. The minimum Gasteiger partial charge on any atom is -0.466 e. The lowest BCUT2D eigenvalue weighted by atomic mass is 9.99. The fourth-order valence-corrected chi connectivity index (χ4v) is 14.4. The summed E-state index contributed by atoms with van der Waals surface area (Å²) in [5.41, 5.74) is 0. The molecule has 1 saturated heterocycles. The molecule has 576 valence electrons. The number of carbonyl (C=O) groups is 2. The second kappa shape index (κ2) is 75.6. The minimum absolute atomic E-state index is 0.0245. The Bertz CT molecular complexity index is 1610. The van der Waals surface area contributed by atoms with Gasteiger partial charge in [-0.15, -0.1) is 0 Å². The number of rotatable bonds is 79. The van der Waals surface area contributed by atoms with Crippen molar-refractivity contribution in [3.05, 3.63) is 12.2 Å². The number of nitrogens with one attached hydrogen (secondary N) is 1. The zero-order valence-corrected chi connectivity index (χ0v) is 64.6. The number of unbranched alkanes of at least 4 members (excludes halogenated alkanes) is 65. The van der Waals surface area contributed by atoms with Crippen LogP contribution >= 0.6 is 0 Å². The van der Waals surface area contributed by atoms with Crippen molar-refractivity contribution in [3.63, 3.8) is 0 Å². The zero-order chi connectivity index (χ0) is 70.1. The average Bonchev–Trinajstić information content (AvgIpc) is 0.869. The smallest absolute Gasteiger partial charge is 0.305 e. The van der Waals surface area contributed by atoms with E-state index in [1.807, 2.05) is 6.08 Å². The summed E-state index contributed by atoms with van der Waals surface area (Å²) >= 11 is 0. The van der Waals surface area contributed by atoms with Gasteiger partial charge in [-0.2, -0.15) is 0 Å². The van der Waals surface area contributed by atoms with Crippen LogP contribution in [0.15, 0.2) is 12.2 Å². The highest BCUT2D eigenvalue weighted by Gasteiger charge is 2.44. The molecule has 1 rings (SSSR count). The Balaban J connectivity index is 1.82. The van der Waals surface area contributed by atoms with E-state index in [4.69, 9.17) is 14.2 Å². The first kappa shape index (κ1) is 93.4. The highest BCUT2D eigenvalue weighted by atomic mass is 16.7. The van der Waals surface area contributed by atoms with E-state index in [9.17, 15) is 35.1 Å². The van der Waals surface area contributed by atoms with E-state index in [1.165, 1.54) is 385 Å². The van der Waals surface area contributed by atoms with Gasteiger partial charge < -0.3 is 45.1 Å². The normalized spacial score (nSPS) is 17.2. The molecule has 97 heavy (non-hydrogen) atoms. The minimum atomic E-state index is -1.57. The molecule has 7 atom stereocenters. The molecule has 1 aliphatic heterocycles. The first-order valence-corrected chi connectivity index (χ1v) is 43.5. The summed E-state index contributed by atoms with van der Waals surface area (Å²) in [5, 5.41) is 54.5. The van der Waals surface area contributed by atoms with Crippen LogP contribution in [0, 0.1) is 0 Å². The van der Waals surface area contributed by atoms with Crippen LogP contribution < -0.4 is 5.32 Å². The highest BCUT2D eigenvalue weighted by molar-refractivity contribution is 5.76. The molecule has 1 amide bonds. The van der Waals surface area contributed by atoms with Crippen LogP contribution in [0.25, 0.3) is 0 Å². The molecule has 11 nitrogen and oxygen atoms in total. The molecule has 0 bridgehead atoms. The molecule has 0 spiro atoms. The number of carbonyl (C=O) groups excluding carboxylic acids is 2. The molecule has 6 N–H and O–H groups in total. The van der Waals surface area contributed by atoms with Crippen molar-refractivity contribution in [2.75, 3.05) is 19.8 Å². The van der Waals surface area contributed by atoms with E-state index in [0.717, 1.165) is 51.4 Å². The van der Waals surface area contributed by atoms with E-state index in [0.29, 0.717) is 19.4 Å². The third kappa shape index (κ3) is 63.8. The third-order valence-electron chi connectivity index (χ3n) is 21.2. The van der Waals surface area contributed by atoms with Crippen molar-refractivity contribution in [1.29, 1.82) is 0 Å². The number of hydrogen-bond donors (Lipinski definition) is 6. The van der Waals surface area contributed by atoms with Crippen LogP contribution in [0.2, 0.25) is 0 Å². The Morgan fingerprint density at radius 1 is 0.371 bits per heavy atom. The van der Waals surface area contributed by atoms with Gasteiger partial charge in [0.05, 0.1) is 32.0 Å². The summed E-state index contributed by atoms with van der Waals surface area (Å²) in [7, 11) is 0. The molecular weight excluding hydrogens is 1210 g/mol. The standard InChI is InChI=1S/C86H167NO10/c1-3-5-7-9-11-13-15-16-17-18-40-44-47-50-54-58-62-66-70-74-82(91)95-75-71-67-63-59-55-51-48-45-42-39-37-35-33-31-29-27-25-23-21-19-20-22-24-26-28-30-32-34-36-38-41-43-46-49-53-57-61-65-69-73-81(90)87-78(77-96-86-85(94)84(93)83(92)80(76-88)97-86)79(89)72-68-64-60-56-52-14-12-10-8-6-4-2/h68,72,78-80,83-86,88-89,92-94H,3-67,69-71,73-77H2,1-2H3,(H,87,90)/b72-68+. The number of allylic oxidation sites excluding steroid dienone is 1. The molecular formula is C86H167NO10. The van der Waals surface area contributed by atoms with Crippen molar-refractivity contribution >= 4 is 11.9 Å². The zero-order valence-electron chi connectivity index (χ0n) is 64.6. The average molecular weight is 1380 g/mol. The lowest BCUT2D eigenvalue weighted by Crippen LogP contribution is -2.60. The Morgan fingerprint density at radius 2 is 0.649 bits per heavy atom. The number of amides is 1. The number of aliphatic hydroxyl groups is 5. The maximum Gasteiger partial charge on any atom is 0.305 e. The topological polar surface area (TPSA) is 175 Å². The monoisotopic (exact) mass is 1370 g/mol. The van der Waals surface area contributed by atoms with Gasteiger partial charge in [0, 0.05) is 12.8 Å². The van der Waals surface area contributed by atoms with Gasteiger partial charge in [0.1, 0.15) is 24.4 Å². The summed E-state index contributed by atoms with van der Waals surface area (Å²) in [4.78, 5) is 25.2. The van der Waals surface area contributed by atoms with Crippen LogP contribution in [0.4, 0.5) is 0 Å². The van der Waals surface area contributed by atoms with Crippen molar-refractivity contribution in [1.82, 2.24) is 5.32 Å². The molecule has 1 heterocycles. The van der Waals surface area contributed by atoms with E-state index in [-0.39, 0.29) is 18.5 Å². The van der Waals surface area contributed by atoms with Gasteiger partial charge in [0.25, 0.3) is 0 Å². The Kier molecular flexibility index (Phi) is 72.8. The van der Waals surface area contributed by atoms with Gasteiger partial charge >= 0.3 is 5.97 Å². The molecule has 0 radical (unpaired) electrons. The SMILES string of the molecule is CCCCCCCCCCC/C=C/C(O)C(COC1OC(CO)C(O)C(O)C1O)NC(=O)CCCCCCCCCCCCCCCCCCCCCCCCCCCCCCCCCCCCCCCCCOC(=O)CCCCCCCCCCCCCCCCCCCCC. The van der Waals surface area contributed by atoms with Crippen molar-refractivity contribution in [2.45, 2.75) is 506 Å². The number of esters is 1. The van der Waals surface area contributed by atoms with Crippen LogP contribution in [0.1, 0.15) is 463 Å². The van der Waals surface area contributed by atoms with Crippen molar-refractivity contribution in [2.24, 2.45) is 0 Å². The Hall–Kier alpha value is -1.60. The largest absolute Gasteiger partial charge is 0.466 e. The van der Waals surface area contributed by atoms with E-state index in [1.54, 1.807) is 6.08 Å². The first-order chi connectivity index (χ1) is 47.7. The van der Waals surface area contributed by atoms with Crippen molar-refractivity contribution < 1.29 is 49.3 Å².